The fraction of sp³-hybridized carbons (Fsp3) is 0.231. The van der Waals surface area contributed by atoms with Crippen molar-refractivity contribution in [2.45, 2.75) is 13.5 Å². The van der Waals surface area contributed by atoms with Crippen molar-refractivity contribution in [1.82, 2.24) is 15.3 Å². The molecule has 0 saturated heterocycles. The highest BCUT2D eigenvalue weighted by Gasteiger charge is 2.05. The van der Waals surface area contributed by atoms with Gasteiger partial charge in [-0.3, -0.25) is 4.98 Å². The first-order valence-corrected chi connectivity index (χ1v) is 5.97. The van der Waals surface area contributed by atoms with Crippen molar-refractivity contribution >= 4 is 11.6 Å². The average molecular weight is 264 g/mol. The lowest BCUT2D eigenvalue weighted by molar-refractivity contribution is 0.457. The molecular formula is C13H14ClN3O. The Morgan fingerprint density at radius 3 is 2.78 bits per heavy atom. The molecule has 0 aromatic carbocycles. The zero-order valence-corrected chi connectivity index (χ0v) is 11.0. The van der Waals surface area contributed by atoms with Gasteiger partial charge in [-0.25, -0.2) is 4.98 Å². The van der Waals surface area contributed by atoms with Gasteiger partial charge in [0.25, 0.3) is 0 Å². The third kappa shape index (κ3) is 3.18. The number of pyridine rings is 2. The third-order valence-electron chi connectivity index (χ3n) is 2.34. The van der Waals surface area contributed by atoms with Crippen LogP contribution in [0.15, 0.2) is 30.5 Å². The van der Waals surface area contributed by atoms with Crippen LogP contribution < -0.4 is 10.1 Å². The van der Waals surface area contributed by atoms with Gasteiger partial charge in [0, 0.05) is 18.3 Å². The van der Waals surface area contributed by atoms with E-state index in [2.05, 4.69) is 15.3 Å². The van der Waals surface area contributed by atoms with Crippen molar-refractivity contribution in [3.05, 3.63) is 46.9 Å². The molecule has 0 aliphatic carbocycles. The maximum absolute atomic E-state index is 6.03. The standard InChI is InChI=1S/C13H14ClN3O/c1-9-3-4-10(7-16-9)18-13-6-5-11(14)12(17-13)8-15-2/h3-7,15H,8H2,1-2H3. The highest BCUT2D eigenvalue weighted by atomic mass is 35.5. The smallest absolute Gasteiger partial charge is 0.219 e. The third-order valence-corrected chi connectivity index (χ3v) is 2.69. The molecule has 0 bridgehead atoms. The van der Waals surface area contributed by atoms with Crippen molar-refractivity contribution in [2.75, 3.05) is 7.05 Å². The predicted octanol–water partition coefficient (Wildman–Crippen LogP) is 2.95. The van der Waals surface area contributed by atoms with Crippen molar-refractivity contribution in [2.24, 2.45) is 0 Å². The highest BCUT2D eigenvalue weighted by Crippen LogP contribution is 2.22. The van der Waals surface area contributed by atoms with Crippen LogP contribution in [0, 0.1) is 6.92 Å². The number of hydrogen-bond acceptors (Lipinski definition) is 4. The van der Waals surface area contributed by atoms with Gasteiger partial charge in [0.2, 0.25) is 5.88 Å². The van der Waals surface area contributed by atoms with Crippen LogP contribution in [0.25, 0.3) is 0 Å². The van der Waals surface area contributed by atoms with Crippen LogP contribution in [0.2, 0.25) is 5.02 Å². The number of aromatic nitrogens is 2. The number of hydrogen-bond donors (Lipinski definition) is 1. The molecule has 2 rings (SSSR count). The first-order valence-electron chi connectivity index (χ1n) is 5.59. The molecule has 0 spiro atoms. The Morgan fingerprint density at radius 1 is 1.28 bits per heavy atom. The Labute approximate surface area is 111 Å². The zero-order valence-electron chi connectivity index (χ0n) is 10.3. The van der Waals surface area contributed by atoms with Crippen LogP contribution in [0.4, 0.5) is 0 Å². The maximum Gasteiger partial charge on any atom is 0.219 e. The second-order valence-corrected chi connectivity index (χ2v) is 4.25. The van der Waals surface area contributed by atoms with Gasteiger partial charge in [0.15, 0.2) is 0 Å². The Kier molecular flexibility index (Phi) is 4.12. The first kappa shape index (κ1) is 12.8. The number of nitrogens with one attached hydrogen (secondary N) is 1. The summed E-state index contributed by atoms with van der Waals surface area (Å²) in [6.07, 6.45) is 1.67. The number of aryl methyl sites for hydroxylation is 1. The molecule has 0 aliphatic rings. The normalized spacial score (nSPS) is 10.4. The molecule has 0 atom stereocenters. The monoisotopic (exact) mass is 263 g/mol. The summed E-state index contributed by atoms with van der Waals surface area (Å²) in [6, 6.07) is 7.26. The molecular weight excluding hydrogens is 250 g/mol. The van der Waals surface area contributed by atoms with Crippen molar-refractivity contribution in [3.8, 4) is 11.6 Å². The summed E-state index contributed by atoms with van der Waals surface area (Å²) in [7, 11) is 1.84. The molecule has 2 aromatic rings. The lowest BCUT2D eigenvalue weighted by atomic mass is 10.3. The molecule has 0 aliphatic heterocycles. The molecule has 2 aromatic heterocycles. The van der Waals surface area contributed by atoms with Crippen molar-refractivity contribution in [1.29, 1.82) is 0 Å². The van der Waals surface area contributed by atoms with Gasteiger partial charge >= 0.3 is 0 Å². The van der Waals surface area contributed by atoms with Gasteiger partial charge in [-0.05, 0) is 32.2 Å². The molecule has 5 heteroatoms. The van der Waals surface area contributed by atoms with Crippen LogP contribution in [-0.2, 0) is 6.54 Å². The summed E-state index contributed by atoms with van der Waals surface area (Å²) in [6.45, 7) is 2.53. The van der Waals surface area contributed by atoms with Gasteiger partial charge in [0.05, 0.1) is 16.9 Å². The van der Waals surface area contributed by atoms with Crippen LogP contribution in [0.3, 0.4) is 0 Å². The number of nitrogens with zero attached hydrogens (tertiary/aromatic N) is 2. The Morgan fingerprint density at radius 2 is 2.11 bits per heavy atom. The molecule has 0 fully saturated rings. The molecule has 18 heavy (non-hydrogen) atoms. The van der Waals surface area contributed by atoms with E-state index in [4.69, 9.17) is 16.3 Å². The van der Waals surface area contributed by atoms with E-state index >= 15 is 0 Å². The van der Waals surface area contributed by atoms with Gasteiger partial charge in [-0.1, -0.05) is 11.6 Å². The molecule has 94 valence electrons. The van der Waals surface area contributed by atoms with E-state index in [-0.39, 0.29) is 0 Å². The lowest BCUT2D eigenvalue weighted by Gasteiger charge is -2.07. The van der Waals surface area contributed by atoms with Gasteiger partial charge in [0.1, 0.15) is 5.75 Å². The summed E-state index contributed by atoms with van der Waals surface area (Å²) < 4.78 is 5.62. The second kappa shape index (κ2) is 5.80. The lowest BCUT2D eigenvalue weighted by Crippen LogP contribution is -2.07. The number of ether oxygens (including phenoxy) is 1. The quantitative estimate of drug-likeness (QED) is 0.921. The van der Waals surface area contributed by atoms with Gasteiger partial charge in [-0.2, -0.15) is 0 Å². The van der Waals surface area contributed by atoms with E-state index in [1.54, 1.807) is 18.3 Å². The molecule has 1 N–H and O–H groups in total. The minimum absolute atomic E-state index is 0.510. The number of halogens is 1. The minimum atomic E-state index is 0.510. The maximum atomic E-state index is 6.03. The summed E-state index contributed by atoms with van der Waals surface area (Å²) in [5.74, 6) is 1.17. The summed E-state index contributed by atoms with van der Waals surface area (Å²) in [5, 5.41) is 3.63. The van der Waals surface area contributed by atoms with Crippen LogP contribution in [-0.4, -0.2) is 17.0 Å². The Hall–Kier alpha value is -1.65. The Bertz CT molecular complexity index is 528. The highest BCUT2D eigenvalue weighted by molar-refractivity contribution is 6.31. The first-order chi connectivity index (χ1) is 8.69. The van der Waals surface area contributed by atoms with Crippen molar-refractivity contribution < 1.29 is 4.74 Å². The zero-order chi connectivity index (χ0) is 13.0. The van der Waals surface area contributed by atoms with E-state index < -0.39 is 0 Å². The van der Waals surface area contributed by atoms with Crippen LogP contribution in [0.1, 0.15) is 11.4 Å². The summed E-state index contributed by atoms with van der Waals surface area (Å²) in [4.78, 5) is 8.50. The van der Waals surface area contributed by atoms with E-state index in [0.717, 1.165) is 11.4 Å². The van der Waals surface area contributed by atoms with E-state index in [1.807, 2.05) is 26.1 Å². The van der Waals surface area contributed by atoms with Crippen LogP contribution >= 0.6 is 11.6 Å². The predicted molar refractivity (Wildman–Crippen MR) is 71.1 cm³/mol. The second-order valence-electron chi connectivity index (χ2n) is 3.85. The minimum Gasteiger partial charge on any atom is -0.437 e. The topological polar surface area (TPSA) is 47.0 Å². The van der Waals surface area contributed by atoms with E-state index in [1.165, 1.54) is 0 Å². The summed E-state index contributed by atoms with van der Waals surface area (Å²) >= 11 is 6.03. The number of rotatable bonds is 4. The molecule has 4 nitrogen and oxygen atoms in total. The van der Waals surface area contributed by atoms with Crippen molar-refractivity contribution in [3.63, 3.8) is 0 Å². The molecule has 2 heterocycles. The van der Waals surface area contributed by atoms with Gasteiger partial charge < -0.3 is 10.1 Å². The molecule has 0 amide bonds. The average Bonchev–Trinajstić information content (AvgIpc) is 2.37. The van der Waals surface area contributed by atoms with Gasteiger partial charge in [-0.15, -0.1) is 0 Å². The SMILES string of the molecule is CNCc1nc(Oc2ccc(C)nc2)ccc1Cl. The summed E-state index contributed by atoms with van der Waals surface area (Å²) in [5.41, 5.74) is 1.71. The fourth-order valence-electron chi connectivity index (χ4n) is 1.45. The molecule has 0 radical (unpaired) electrons. The van der Waals surface area contributed by atoms with E-state index in [9.17, 15) is 0 Å². The fourth-order valence-corrected chi connectivity index (χ4v) is 1.62. The van der Waals surface area contributed by atoms with Crippen LogP contribution in [0.5, 0.6) is 11.6 Å². The Balaban J connectivity index is 2.18. The molecule has 0 unspecified atom stereocenters. The largest absolute Gasteiger partial charge is 0.437 e. The molecule has 0 saturated carbocycles. The van der Waals surface area contributed by atoms with E-state index in [0.29, 0.717) is 23.2 Å².